The summed E-state index contributed by atoms with van der Waals surface area (Å²) in [6.45, 7) is 0. The van der Waals surface area contributed by atoms with Crippen molar-refractivity contribution in [1.82, 2.24) is 35.1 Å². The third-order valence-corrected chi connectivity index (χ3v) is 5.50. The van der Waals surface area contributed by atoms with Crippen molar-refractivity contribution in [3.63, 3.8) is 0 Å². The molecule has 0 fully saturated rings. The molecule has 0 spiro atoms. The van der Waals surface area contributed by atoms with Crippen molar-refractivity contribution >= 4 is 27.8 Å². The van der Waals surface area contributed by atoms with Crippen LogP contribution >= 0.6 is 0 Å². The van der Waals surface area contributed by atoms with Gasteiger partial charge in [0, 0.05) is 35.8 Å². The maximum absolute atomic E-state index is 14.1. The number of anilines is 1. The molecule has 4 N–H and O–H groups in total. The second-order valence-electron chi connectivity index (χ2n) is 7.72. The number of rotatable bonds is 4. The molecular formula is C24H17FN8O. The van der Waals surface area contributed by atoms with E-state index in [-0.39, 0.29) is 0 Å². The normalized spacial score (nSPS) is 11.4. The fourth-order valence-corrected chi connectivity index (χ4v) is 3.92. The van der Waals surface area contributed by atoms with E-state index in [2.05, 4.69) is 25.1 Å². The van der Waals surface area contributed by atoms with Crippen molar-refractivity contribution in [3.8, 4) is 39.7 Å². The number of nitrogens with one attached hydrogen (secondary N) is 2. The monoisotopic (exact) mass is 452 g/mol. The summed E-state index contributed by atoms with van der Waals surface area (Å²) in [7, 11) is 1.49. The highest BCUT2D eigenvalue weighted by atomic mass is 19.1. The Bertz CT molecular complexity index is 1690. The van der Waals surface area contributed by atoms with E-state index >= 15 is 0 Å². The van der Waals surface area contributed by atoms with Gasteiger partial charge in [0.15, 0.2) is 11.5 Å². The van der Waals surface area contributed by atoms with Crippen molar-refractivity contribution in [1.29, 1.82) is 0 Å². The van der Waals surface area contributed by atoms with E-state index in [0.717, 1.165) is 11.1 Å². The van der Waals surface area contributed by atoms with Crippen LogP contribution in [0.3, 0.4) is 0 Å². The van der Waals surface area contributed by atoms with Gasteiger partial charge in [0.2, 0.25) is 0 Å². The standard InChI is InChI=1S/C24H17FN8O/c1-34-16-6-12(4-14(25)7-16)17-10-28-11-20-21(17)31-24(30-20)23-22-19(32-33-23)3-2-18(29-22)13-5-15(26)9-27-8-13/h2-11H,26H2,1H3,(H,30,31)(H,32,33). The van der Waals surface area contributed by atoms with Gasteiger partial charge < -0.3 is 15.5 Å². The van der Waals surface area contributed by atoms with Gasteiger partial charge in [-0.25, -0.2) is 14.4 Å². The molecule has 5 aromatic heterocycles. The number of nitrogens with zero attached hydrogens (tertiary/aromatic N) is 5. The van der Waals surface area contributed by atoms with E-state index in [1.54, 1.807) is 30.9 Å². The number of H-pyrrole nitrogens is 2. The molecule has 0 bridgehead atoms. The summed E-state index contributed by atoms with van der Waals surface area (Å²) >= 11 is 0. The van der Waals surface area contributed by atoms with Gasteiger partial charge in [-0.15, -0.1) is 0 Å². The number of nitrogen functional groups attached to an aromatic ring is 1. The quantitative estimate of drug-likeness (QED) is 0.362. The number of nitrogens with two attached hydrogens (primary N) is 1. The number of halogens is 1. The summed E-state index contributed by atoms with van der Waals surface area (Å²) in [6.07, 6.45) is 6.60. The predicted molar refractivity (Wildman–Crippen MR) is 126 cm³/mol. The number of methoxy groups -OCH3 is 1. The van der Waals surface area contributed by atoms with Crippen molar-refractivity contribution in [2.45, 2.75) is 0 Å². The van der Waals surface area contributed by atoms with Crippen LogP contribution in [0.5, 0.6) is 5.75 Å². The lowest BCUT2D eigenvalue weighted by Gasteiger charge is -2.06. The molecule has 0 atom stereocenters. The van der Waals surface area contributed by atoms with Gasteiger partial charge in [0.05, 0.1) is 41.2 Å². The number of benzene rings is 1. The number of hydrogen-bond donors (Lipinski definition) is 3. The Morgan fingerprint density at radius 1 is 0.882 bits per heavy atom. The van der Waals surface area contributed by atoms with Gasteiger partial charge in [-0.3, -0.25) is 15.1 Å². The third kappa shape index (κ3) is 3.28. The first kappa shape index (κ1) is 19.8. The van der Waals surface area contributed by atoms with Crippen LogP contribution in [-0.4, -0.2) is 42.2 Å². The molecule has 0 aliphatic heterocycles. The molecule has 0 saturated heterocycles. The van der Waals surface area contributed by atoms with Crippen LogP contribution < -0.4 is 10.5 Å². The molecule has 10 heteroatoms. The highest BCUT2D eigenvalue weighted by Crippen LogP contribution is 2.33. The first-order chi connectivity index (χ1) is 16.6. The molecule has 6 aromatic rings. The molecule has 0 aliphatic carbocycles. The van der Waals surface area contributed by atoms with Gasteiger partial charge in [-0.2, -0.15) is 5.10 Å². The summed E-state index contributed by atoms with van der Waals surface area (Å²) in [5.74, 6) is 0.510. The molecule has 0 saturated carbocycles. The summed E-state index contributed by atoms with van der Waals surface area (Å²) in [5.41, 5.74) is 12.5. The summed E-state index contributed by atoms with van der Waals surface area (Å²) in [6, 6.07) is 10.1. The first-order valence-electron chi connectivity index (χ1n) is 10.3. The second kappa shape index (κ2) is 7.62. The Morgan fingerprint density at radius 3 is 2.62 bits per heavy atom. The minimum absolute atomic E-state index is 0.409. The van der Waals surface area contributed by atoms with Crippen LogP contribution in [-0.2, 0) is 0 Å². The Morgan fingerprint density at radius 2 is 1.76 bits per heavy atom. The Balaban J connectivity index is 1.50. The van der Waals surface area contributed by atoms with Gasteiger partial charge in [0.1, 0.15) is 17.1 Å². The SMILES string of the molecule is COc1cc(F)cc(-c2cncc3[nH]c(-c4n[nH]c5ccc(-c6cncc(N)c6)nc45)nc23)c1. The topological polar surface area (TPSA) is 131 Å². The number of aromatic amines is 2. The van der Waals surface area contributed by atoms with Crippen molar-refractivity contribution in [2.24, 2.45) is 0 Å². The van der Waals surface area contributed by atoms with Gasteiger partial charge in [0.25, 0.3) is 0 Å². The number of ether oxygens (including phenoxy) is 1. The maximum Gasteiger partial charge on any atom is 0.161 e. The number of fused-ring (bicyclic) bond motifs is 2. The highest BCUT2D eigenvalue weighted by Gasteiger charge is 2.18. The number of imidazole rings is 1. The van der Waals surface area contributed by atoms with Gasteiger partial charge in [-0.1, -0.05) is 0 Å². The van der Waals surface area contributed by atoms with Gasteiger partial charge >= 0.3 is 0 Å². The first-order valence-corrected chi connectivity index (χ1v) is 10.3. The van der Waals surface area contributed by atoms with E-state index in [0.29, 0.717) is 56.3 Å². The van der Waals surface area contributed by atoms with Crippen molar-refractivity contribution < 1.29 is 9.13 Å². The maximum atomic E-state index is 14.1. The van der Waals surface area contributed by atoms with E-state index in [1.807, 2.05) is 18.2 Å². The number of hydrogen-bond acceptors (Lipinski definition) is 7. The average molecular weight is 452 g/mol. The zero-order valence-electron chi connectivity index (χ0n) is 17.9. The molecule has 0 radical (unpaired) electrons. The zero-order valence-corrected chi connectivity index (χ0v) is 17.9. The van der Waals surface area contributed by atoms with E-state index < -0.39 is 5.82 Å². The summed E-state index contributed by atoms with van der Waals surface area (Å²) < 4.78 is 19.4. The van der Waals surface area contributed by atoms with Crippen LogP contribution in [0.1, 0.15) is 0 Å². The largest absolute Gasteiger partial charge is 0.497 e. The Kier molecular flexibility index (Phi) is 4.44. The van der Waals surface area contributed by atoms with Crippen LogP contribution in [0.2, 0.25) is 0 Å². The van der Waals surface area contributed by atoms with Gasteiger partial charge in [-0.05, 0) is 35.9 Å². The molecule has 6 rings (SSSR count). The van der Waals surface area contributed by atoms with Crippen LogP contribution in [0.25, 0.3) is 56.0 Å². The van der Waals surface area contributed by atoms with Crippen LogP contribution in [0, 0.1) is 5.82 Å². The lowest BCUT2D eigenvalue weighted by molar-refractivity contribution is 0.411. The molecule has 5 heterocycles. The van der Waals surface area contributed by atoms with Crippen LogP contribution in [0.4, 0.5) is 10.1 Å². The van der Waals surface area contributed by atoms with Crippen LogP contribution in [0.15, 0.2) is 61.2 Å². The number of pyridine rings is 3. The molecule has 1 aromatic carbocycles. The molecule has 0 amide bonds. The fourth-order valence-electron chi connectivity index (χ4n) is 3.92. The van der Waals surface area contributed by atoms with Crippen molar-refractivity contribution in [3.05, 3.63) is 67.0 Å². The lowest BCUT2D eigenvalue weighted by Crippen LogP contribution is -1.90. The van der Waals surface area contributed by atoms with E-state index in [1.165, 1.54) is 19.2 Å². The van der Waals surface area contributed by atoms with E-state index in [4.69, 9.17) is 20.4 Å². The smallest absolute Gasteiger partial charge is 0.161 e. The Hall–Kier alpha value is -4.86. The molecule has 9 nitrogen and oxygen atoms in total. The lowest BCUT2D eigenvalue weighted by atomic mass is 10.1. The third-order valence-electron chi connectivity index (χ3n) is 5.50. The van der Waals surface area contributed by atoms with E-state index in [9.17, 15) is 4.39 Å². The number of aromatic nitrogens is 7. The second-order valence-corrected chi connectivity index (χ2v) is 7.72. The zero-order chi connectivity index (χ0) is 23.2. The minimum Gasteiger partial charge on any atom is -0.497 e. The van der Waals surface area contributed by atoms with Crippen molar-refractivity contribution in [2.75, 3.05) is 12.8 Å². The molecular weight excluding hydrogens is 435 g/mol. The summed E-state index contributed by atoms with van der Waals surface area (Å²) in [5, 5.41) is 7.43. The molecule has 0 unspecified atom stereocenters. The average Bonchev–Trinajstić information content (AvgIpc) is 3.47. The molecule has 166 valence electrons. The summed E-state index contributed by atoms with van der Waals surface area (Å²) in [4.78, 5) is 21.2. The molecule has 34 heavy (non-hydrogen) atoms. The highest BCUT2D eigenvalue weighted by molar-refractivity contribution is 5.96. The fraction of sp³-hybridized carbons (Fsp3) is 0.0417. The predicted octanol–water partition coefficient (Wildman–Crippen LogP) is 4.36. The Labute approximate surface area is 191 Å². The molecule has 0 aliphatic rings. The minimum atomic E-state index is -0.409.